The molecule has 0 radical (unpaired) electrons. The molecule has 1 heterocycles. The van der Waals surface area contributed by atoms with Crippen LogP contribution in [0.15, 0.2) is 36.4 Å². The van der Waals surface area contributed by atoms with Crippen LogP contribution in [0.5, 0.6) is 23.0 Å². The van der Waals surface area contributed by atoms with Crippen molar-refractivity contribution in [3.63, 3.8) is 0 Å². The third-order valence-corrected chi connectivity index (χ3v) is 3.79. The molecule has 5 heteroatoms. The number of benzene rings is 2. The van der Waals surface area contributed by atoms with E-state index in [1.54, 1.807) is 31.4 Å². The molecule has 0 saturated heterocycles. The van der Waals surface area contributed by atoms with Crippen LogP contribution in [0.3, 0.4) is 0 Å². The first-order valence-electron chi connectivity index (χ1n) is 6.62. The van der Waals surface area contributed by atoms with Gasteiger partial charge in [0.05, 0.1) is 0 Å². The minimum absolute atomic E-state index is 0.0143. The van der Waals surface area contributed by atoms with Crippen molar-refractivity contribution in [2.45, 2.75) is 18.6 Å². The lowest BCUT2D eigenvalue weighted by atomic mass is 9.93. The lowest BCUT2D eigenvalue weighted by Gasteiger charge is -2.37. The Kier molecular flexibility index (Phi) is 3.14. The summed E-state index contributed by atoms with van der Waals surface area (Å²) in [7, 11) is 1.54. The Morgan fingerprint density at radius 3 is 2.43 bits per heavy atom. The van der Waals surface area contributed by atoms with E-state index in [0.29, 0.717) is 24.2 Å². The molecule has 2 aromatic rings. The molecule has 110 valence electrons. The fraction of sp³-hybridized carbons (Fsp3) is 0.250. The van der Waals surface area contributed by atoms with Crippen molar-refractivity contribution in [1.29, 1.82) is 0 Å². The molecule has 2 aromatic carbocycles. The topological polar surface area (TPSA) is 79.2 Å². The Balaban J connectivity index is 2.04. The highest BCUT2D eigenvalue weighted by Crippen LogP contribution is 2.45. The monoisotopic (exact) mass is 288 g/mol. The van der Waals surface area contributed by atoms with Crippen molar-refractivity contribution in [3.8, 4) is 23.0 Å². The van der Waals surface area contributed by atoms with E-state index >= 15 is 0 Å². The summed E-state index contributed by atoms with van der Waals surface area (Å²) in [6, 6.07) is 9.34. The van der Waals surface area contributed by atoms with Crippen LogP contribution in [0.4, 0.5) is 0 Å². The van der Waals surface area contributed by atoms with Crippen molar-refractivity contribution in [2.24, 2.45) is 0 Å². The Morgan fingerprint density at radius 1 is 1.05 bits per heavy atom. The van der Waals surface area contributed by atoms with E-state index in [0.717, 1.165) is 5.56 Å². The molecule has 3 N–H and O–H groups in total. The van der Waals surface area contributed by atoms with Gasteiger partial charge in [-0.1, -0.05) is 0 Å². The van der Waals surface area contributed by atoms with Crippen molar-refractivity contribution >= 4 is 0 Å². The molecule has 0 amide bonds. The number of ether oxygens (including phenoxy) is 2. The van der Waals surface area contributed by atoms with Gasteiger partial charge in [0.2, 0.25) is 5.79 Å². The average Bonchev–Trinajstić information content (AvgIpc) is 2.47. The van der Waals surface area contributed by atoms with E-state index < -0.39 is 5.79 Å². The number of hydrogen-bond acceptors (Lipinski definition) is 5. The van der Waals surface area contributed by atoms with Crippen LogP contribution >= 0.6 is 0 Å². The summed E-state index contributed by atoms with van der Waals surface area (Å²) in [5.74, 6) is -0.490. The largest absolute Gasteiger partial charge is 0.508 e. The van der Waals surface area contributed by atoms with Gasteiger partial charge in [-0.2, -0.15) is 0 Å². The quantitative estimate of drug-likeness (QED) is 0.791. The maximum Gasteiger partial charge on any atom is 0.237 e. The number of rotatable bonds is 2. The molecule has 0 spiro atoms. The van der Waals surface area contributed by atoms with Crippen molar-refractivity contribution in [2.75, 3.05) is 7.11 Å². The first-order valence-corrected chi connectivity index (χ1v) is 6.62. The zero-order chi connectivity index (χ0) is 15.0. The standard InChI is InChI=1S/C16H16O5/c1-20-16(10-2-4-11(17)5-3-10)7-6-13-14(19)8-12(18)9-15(13)21-16/h2-5,8-9,17-19H,6-7H2,1H3. The lowest BCUT2D eigenvalue weighted by molar-refractivity contribution is -0.184. The molecule has 0 aliphatic carbocycles. The van der Waals surface area contributed by atoms with E-state index in [-0.39, 0.29) is 17.2 Å². The van der Waals surface area contributed by atoms with Gasteiger partial charge in [0, 0.05) is 36.8 Å². The number of methoxy groups -OCH3 is 1. The summed E-state index contributed by atoms with van der Waals surface area (Å²) in [5.41, 5.74) is 1.41. The van der Waals surface area contributed by atoms with E-state index in [4.69, 9.17) is 9.47 Å². The smallest absolute Gasteiger partial charge is 0.237 e. The molecule has 3 rings (SSSR count). The maximum atomic E-state index is 9.87. The Hall–Kier alpha value is -2.40. The van der Waals surface area contributed by atoms with Crippen LogP contribution in [0.2, 0.25) is 0 Å². The molecule has 21 heavy (non-hydrogen) atoms. The number of phenolic OH excluding ortho intramolecular Hbond substituents is 3. The molecule has 0 aromatic heterocycles. The second kappa shape index (κ2) is 4.86. The fourth-order valence-electron chi connectivity index (χ4n) is 2.66. The van der Waals surface area contributed by atoms with Crippen molar-refractivity contribution in [3.05, 3.63) is 47.5 Å². The van der Waals surface area contributed by atoms with Gasteiger partial charge in [-0.05, 0) is 30.7 Å². The summed E-state index contributed by atoms with van der Waals surface area (Å²) in [6.45, 7) is 0. The predicted octanol–water partition coefficient (Wildman–Crippen LogP) is 2.63. The highest BCUT2D eigenvalue weighted by Gasteiger charge is 2.39. The second-order valence-electron chi connectivity index (χ2n) is 5.05. The first-order chi connectivity index (χ1) is 10.0. The van der Waals surface area contributed by atoms with Crippen molar-refractivity contribution < 1.29 is 24.8 Å². The molecule has 1 atom stereocenters. The van der Waals surface area contributed by atoms with E-state index in [1.165, 1.54) is 12.1 Å². The number of fused-ring (bicyclic) bond motifs is 1. The molecule has 5 nitrogen and oxygen atoms in total. The van der Waals surface area contributed by atoms with Crippen LogP contribution < -0.4 is 4.74 Å². The summed E-state index contributed by atoms with van der Waals surface area (Å²) >= 11 is 0. The van der Waals surface area contributed by atoms with Gasteiger partial charge < -0.3 is 24.8 Å². The summed E-state index contributed by atoms with van der Waals surface area (Å²) < 4.78 is 11.5. The molecular weight excluding hydrogens is 272 g/mol. The Morgan fingerprint density at radius 2 is 1.76 bits per heavy atom. The SMILES string of the molecule is COC1(c2ccc(O)cc2)CCc2c(O)cc(O)cc2O1. The molecular formula is C16H16O5. The lowest BCUT2D eigenvalue weighted by Crippen LogP contribution is -2.38. The number of aromatic hydroxyl groups is 3. The van der Waals surface area contributed by atoms with Gasteiger partial charge in [-0.25, -0.2) is 0 Å². The normalized spacial score (nSPS) is 20.6. The average molecular weight is 288 g/mol. The van der Waals surface area contributed by atoms with Gasteiger partial charge in [-0.3, -0.25) is 0 Å². The Bertz CT molecular complexity index is 665. The summed E-state index contributed by atoms with van der Waals surface area (Å²) in [4.78, 5) is 0. The van der Waals surface area contributed by atoms with Gasteiger partial charge in [0.25, 0.3) is 0 Å². The number of phenols is 3. The molecule has 0 fully saturated rings. The molecule has 1 unspecified atom stereocenters. The highest BCUT2D eigenvalue weighted by atomic mass is 16.7. The van der Waals surface area contributed by atoms with E-state index in [1.807, 2.05) is 0 Å². The van der Waals surface area contributed by atoms with Gasteiger partial charge >= 0.3 is 0 Å². The molecule has 1 aliphatic rings. The predicted molar refractivity (Wildman–Crippen MR) is 75.5 cm³/mol. The minimum atomic E-state index is -0.999. The van der Waals surface area contributed by atoms with Crippen LogP contribution in [0.25, 0.3) is 0 Å². The second-order valence-corrected chi connectivity index (χ2v) is 5.05. The third-order valence-electron chi connectivity index (χ3n) is 3.79. The van der Waals surface area contributed by atoms with Gasteiger partial charge in [-0.15, -0.1) is 0 Å². The molecule has 0 bridgehead atoms. The summed E-state index contributed by atoms with van der Waals surface area (Å²) in [6.07, 6.45) is 1.07. The minimum Gasteiger partial charge on any atom is -0.508 e. The summed E-state index contributed by atoms with van der Waals surface area (Å²) in [5, 5.41) is 28.9. The van der Waals surface area contributed by atoms with Crippen LogP contribution in [-0.2, 0) is 16.9 Å². The molecule has 0 saturated carbocycles. The van der Waals surface area contributed by atoms with Gasteiger partial charge in [0.1, 0.15) is 23.0 Å². The van der Waals surface area contributed by atoms with Crippen molar-refractivity contribution in [1.82, 2.24) is 0 Å². The van der Waals surface area contributed by atoms with E-state index in [2.05, 4.69) is 0 Å². The van der Waals surface area contributed by atoms with Crippen LogP contribution in [-0.4, -0.2) is 22.4 Å². The highest BCUT2D eigenvalue weighted by molar-refractivity contribution is 5.51. The third kappa shape index (κ3) is 2.25. The number of hydrogen-bond donors (Lipinski definition) is 3. The Labute approximate surface area is 122 Å². The van der Waals surface area contributed by atoms with E-state index in [9.17, 15) is 15.3 Å². The van der Waals surface area contributed by atoms with Crippen LogP contribution in [0.1, 0.15) is 17.5 Å². The zero-order valence-electron chi connectivity index (χ0n) is 11.5. The fourth-order valence-corrected chi connectivity index (χ4v) is 2.66. The zero-order valence-corrected chi connectivity index (χ0v) is 11.5. The first kappa shape index (κ1) is 13.6. The maximum absolute atomic E-state index is 9.87. The van der Waals surface area contributed by atoms with Gasteiger partial charge in [0.15, 0.2) is 0 Å². The van der Waals surface area contributed by atoms with Crippen LogP contribution in [0, 0.1) is 0 Å². The molecule has 1 aliphatic heterocycles.